The van der Waals surface area contributed by atoms with Crippen molar-refractivity contribution in [1.29, 1.82) is 0 Å². The number of rotatable bonds is 5. The van der Waals surface area contributed by atoms with Gasteiger partial charge in [0.05, 0.1) is 39.6 Å². The maximum atomic E-state index is 13.6. The Morgan fingerprint density at radius 2 is 2.00 bits per heavy atom. The summed E-state index contributed by atoms with van der Waals surface area (Å²) in [4.78, 5) is 43.7. The molecule has 1 aromatic carbocycles. The van der Waals surface area contributed by atoms with Gasteiger partial charge in [-0.05, 0) is 38.8 Å². The molecule has 0 radical (unpaired) electrons. The number of benzene rings is 1. The van der Waals surface area contributed by atoms with E-state index in [-0.39, 0.29) is 67.1 Å². The van der Waals surface area contributed by atoms with Crippen molar-refractivity contribution < 1.29 is 33.6 Å². The molecule has 210 valence electrons. The van der Waals surface area contributed by atoms with E-state index in [9.17, 15) is 19.5 Å². The first-order chi connectivity index (χ1) is 18.9. The maximum Gasteiger partial charge on any atom is 0.343 e. The fourth-order valence-electron chi connectivity index (χ4n) is 5.35. The number of halogens is 1. The van der Waals surface area contributed by atoms with Crippen molar-refractivity contribution in [3.63, 3.8) is 0 Å². The summed E-state index contributed by atoms with van der Waals surface area (Å²) in [5, 5.41) is 14.9. The van der Waals surface area contributed by atoms with E-state index in [2.05, 4.69) is 5.32 Å². The second kappa shape index (κ2) is 9.18. The van der Waals surface area contributed by atoms with E-state index in [4.69, 9.17) is 35.5 Å². The Hall–Kier alpha value is -3.67. The summed E-state index contributed by atoms with van der Waals surface area (Å²) < 4.78 is 23.5. The lowest BCUT2D eigenvalue weighted by Gasteiger charge is -2.31. The number of aromatic nitrogens is 2. The van der Waals surface area contributed by atoms with Gasteiger partial charge in [0.15, 0.2) is 17.1 Å². The van der Waals surface area contributed by atoms with Crippen molar-refractivity contribution in [3.05, 3.63) is 49.8 Å². The number of fused-ring (bicyclic) bond motifs is 6. The van der Waals surface area contributed by atoms with Crippen LogP contribution in [0, 0.1) is 0 Å². The van der Waals surface area contributed by atoms with Crippen molar-refractivity contribution in [3.8, 4) is 22.9 Å². The second-order valence-electron chi connectivity index (χ2n) is 11.0. The first-order valence-electron chi connectivity index (χ1n) is 12.9. The number of cyclic esters (lactones) is 1. The molecule has 0 aliphatic carbocycles. The molecule has 2 aromatic heterocycles. The van der Waals surface area contributed by atoms with E-state index in [1.165, 1.54) is 4.57 Å². The number of nitrogens with zero attached hydrogens (tertiary/aromatic N) is 2. The van der Waals surface area contributed by atoms with E-state index in [1.807, 2.05) is 20.8 Å². The van der Waals surface area contributed by atoms with Crippen LogP contribution < -0.4 is 20.3 Å². The van der Waals surface area contributed by atoms with Crippen LogP contribution in [0.1, 0.15) is 56.4 Å². The third kappa shape index (κ3) is 4.03. The average molecular weight is 570 g/mol. The Morgan fingerprint density at radius 3 is 2.73 bits per heavy atom. The SMILES string of the molecule is CC[C@@]1(O)C(=O)OCc2c1cc1n(c2=O)Cc2c-1nc1cc3c(c(Cl)c1c2CNC(=O)COC(C)(C)C)OCO3. The number of nitrogens with one attached hydrogen (secondary N) is 1. The summed E-state index contributed by atoms with van der Waals surface area (Å²) in [6, 6.07) is 3.34. The van der Waals surface area contributed by atoms with Crippen LogP contribution in [0.3, 0.4) is 0 Å². The number of hydrogen-bond donors (Lipinski definition) is 2. The van der Waals surface area contributed by atoms with Gasteiger partial charge in [-0.3, -0.25) is 9.59 Å². The highest BCUT2D eigenvalue weighted by Gasteiger charge is 2.45. The van der Waals surface area contributed by atoms with E-state index in [0.29, 0.717) is 44.9 Å². The largest absolute Gasteiger partial charge is 0.458 e. The number of ether oxygens (including phenoxy) is 4. The molecule has 6 rings (SSSR count). The summed E-state index contributed by atoms with van der Waals surface area (Å²) >= 11 is 6.81. The average Bonchev–Trinajstić information content (AvgIpc) is 3.53. The predicted octanol–water partition coefficient (Wildman–Crippen LogP) is 2.89. The molecule has 5 heterocycles. The van der Waals surface area contributed by atoms with Crippen LogP contribution in [0.25, 0.3) is 22.3 Å². The van der Waals surface area contributed by atoms with Crippen molar-refractivity contribution in [2.24, 2.45) is 0 Å². The molecule has 3 aromatic rings. The zero-order chi connectivity index (χ0) is 28.6. The first-order valence-corrected chi connectivity index (χ1v) is 13.3. The molecule has 1 amide bonds. The second-order valence-corrected chi connectivity index (χ2v) is 11.4. The van der Waals surface area contributed by atoms with Crippen molar-refractivity contribution in [2.45, 2.75) is 65.0 Å². The van der Waals surface area contributed by atoms with Gasteiger partial charge < -0.3 is 33.9 Å². The fraction of sp³-hybridized carbons (Fsp3) is 0.429. The van der Waals surface area contributed by atoms with Crippen LogP contribution in [-0.4, -0.2) is 45.5 Å². The molecule has 1 atom stereocenters. The molecule has 0 unspecified atom stereocenters. The number of pyridine rings is 2. The van der Waals surface area contributed by atoms with Crippen LogP contribution in [0.5, 0.6) is 11.5 Å². The summed E-state index contributed by atoms with van der Waals surface area (Å²) in [5.41, 5.74) is 0.360. The highest BCUT2D eigenvalue weighted by molar-refractivity contribution is 6.37. The van der Waals surface area contributed by atoms with Crippen LogP contribution in [0.15, 0.2) is 16.9 Å². The zero-order valence-corrected chi connectivity index (χ0v) is 23.2. The van der Waals surface area contributed by atoms with Gasteiger partial charge in [-0.1, -0.05) is 18.5 Å². The summed E-state index contributed by atoms with van der Waals surface area (Å²) in [5.74, 6) is -0.303. The minimum Gasteiger partial charge on any atom is -0.458 e. The van der Waals surface area contributed by atoms with E-state index in [1.54, 1.807) is 19.1 Å². The van der Waals surface area contributed by atoms with Gasteiger partial charge in [0.2, 0.25) is 12.7 Å². The lowest BCUT2D eigenvalue weighted by Crippen LogP contribution is -2.44. The Morgan fingerprint density at radius 1 is 1.23 bits per heavy atom. The molecule has 0 bridgehead atoms. The number of aliphatic hydroxyl groups is 1. The lowest BCUT2D eigenvalue weighted by molar-refractivity contribution is -0.172. The summed E-state index contributed by atoms with van der Waals surface area (Å²) in [6.45, 7) is 7.10. The smallest absolute Gasteiger partial charge is 0.343 e. The molecule has 12 heteroatoms. The molecule has 0 spiro atoms. The van der Waals surface area contributed by atoms with Gasteiger partial charge >= 0.3 is 5.97 Å². The standard InChI is InChI=1S/C28H28ClN3O8/c1-5-28(36)16-6-18-23-14(9-32(18)25(34)15(16)10-37-26(28)35)13(8-30-20(33)11-40-27(2,3)4)21-17(31-23)7-19-24(22(21)29)39-12-38-19/h6-7,36H,5,8-12H2,1-4H3,(H,30,33)/t28-/m0/s1. The summed E-state index contributed by atoms with van der Waals surface area (Å²) in [6.07, 6.45) is 0.0345. The zero-order valence-electron chi connectivity index (χ0n) is 22.5. The van der Waals surface area contributed by atoms with Gasteiger partial charge in [-0.25, -0.2) is 9.78 Å². The van der Waals surface area contributed by atoms with Crippen molar-refractivity contribution in [1.82, 2.24) is 14.9 Å². The summed E-state index contributed by atoms with van der Waals surface area (Å²) in [7, 11) is 0. The van der Waals surface area contributed by atoms with Gasteiger partial charge in [0.1, 0.15) is 13.2 Å². The Bertz CT molecular complexity index is 1680. The molecular weight excluding hydrogens is 542 g/mol. The van der Waals surface area contributed by atoms with Gasteiger partial charge in [0, 0.05) is 29.1 Å². The Labute approximate surface area is 233 Å². The molecule has 0 saturated carbocycles. The number of carbonyl (C=O) groups is 2. The molecule has 0 saturated heterocycles. The molecule has 2 N–H and O–H groups in total. The van der Waals surface area contributed by atoms with Crippen molar-refractivity contribution in [2.75, 3.05) is 13.4 Å². The third-order valence-corrected chi connectivity index (χ3v) is 7.83. The minimum absolute atomic E-state index is 0.0113. The molecule has 3 aliphatic heterocycles. The van der Waals surface area contributed by atoms with Gasteiger partial charge in [0.25, 0.3) is 5.56 Å². The quantitative estimate of drug-likeness (QED) is 0.347. The number of carbonyl (C=O) groups excluding carboxylic acids is 2. The highest BCUT2D eigenvalue weighted by atomic mass is 35.5. The highest BCUT2D eigenvalue weighted by Crippen LogP contribution is 2.47. The fourth-order valence-corrected chi connectivity index (χ4v) is 5.71. The predicted molar refractivity (Wildman–Crippen MR) is 143 cm³/mol. The Kier molecular flexibility index (Phi) is 6.10. The monoisotopic (exact) mass is 569 g/mol. The van der Waals surface area contributed by atoms with E-state index in [0.717, 1.165) is 0 Å². The molecule has 0 fully saturated rings. The topological polar surface area (TPSA) is 138 Å². The van der Waals surface area contributed by atoms with Crippen LogP contribution in [0.2, 0.25) is 5.02 Å². The molecule has 11 nitrogen and oxygen atoms in total. The van der Waals surface area contributed by atoms with Crippen LogP contribution in [0.4, 0.5) is 0 Å². The molecule has 40 heavy (non-hydrogen) atoms. The molecule has 3 aliphatic rings. The van der Waals surface area contributed by atoms with E-state index >= 15 is 0 Å². The van der Waals surface area contributed by atoms with Gasteiger partial charge in [-0.15, -0.1) is 0 Å². The van der Waals surface area contributed by atoms with Crippen LogP contribution in [-0.2, 0) is 44.4 Å². The van der Waals surface area contributed by atoms with Crippen LogP contribution >= 0.6 is 11.6 Å². The maximum absolute atomic E-state index is 13.6. The van der Waals surface area contributed by atoms with Gasteiger partial charge in [-0.2, -0.15) is 0 Å². The normalized spacial score (nSPS) is 18.8. The van der Waals surface area contributed by atoms with E-state index < -0.39 is 17.2 Å². The first kappa shape index (κ1) is 26.5. The lowest BCUT2D eigenvalue weighted by atomic mass is 9.86. The number of amides is 1. The van der Waals surface area contributed by atoms with Crippen molar-refractivity contribution >= 4 is 34.4 Å². The number of esters is 1. The molecular formula is C28H28ClN3O8. The number of hydrogen-bond acceptors (Lipinski definition) is 9. The minimum atomic E-state index is -1.94. The third-order valence-electron chi connectivity index (χ3n) is 7.47. The Balaban J connectivity index is 1.52.